The second kappa shape index (κ2) is 11.8. The van der Waals surface area contributed by atoms with E-state index in [-0.39, 0.29) is 12.5 Å². The fraction of sp³-hybridized carbons (Fsp3) is 0.303. The molecule has 8 heteroatoms. The minimum absolute atomic E-state index is 0.0713. The standard InChI is InChI=1S/C33H35ClN2O5/c1-32(2,3)41-31(39)35-19-24-10-8-7-9-22(24)13-11-21-12-16-27(34)25(17-21)20-36-28-18-23(29(37)40-6)14-15-26(28)33(4,5)30(36)38/h7-18H,19-20H2,1-6H3,(H,35,39)/b13-11+. The van der Waals surface area contributed by atoms with Gasteiger partial charge in [0.05, 0.1) is 24.6 Å². The quantitative estimate of drug-likeness (QED) is 0.239. The number of carbonyl (C=O) groups is 3. The topological polar surface area (TPSA) is 84.9 Å². The summed E-state index contributed by atoms with van der Waals surface area (Å²) < 4.78 is 10.2. The summed E-state index contributed by atoms with van der Waals surface area (Å²) in [6.07, 6.45) is 3.46. The van der Waals surface area contributed by atoms with E-state index in [0.29, 0.717) is 22.8 Å². The Morgan fingerprint density at radius 3 is 2.44 bits per heavy atom. The minimum Gasteiger partial charge on any atom is -0.465 e. The largest absolute Gasteiger partial charge is 0.465 e. The molecular formula is C33H35ClN2O5. The van der Waals surface area contributed by atoms with Crippen molar-refractivity contribution in [1.82, 2.24) is 5.32 Å². The Morgan fingerprint density at radius 1 is 1.00 bits per heavy atom. The van der Waals surface area contributed by atoms with Crippen LogP contribution in [-0.2, 0) is 32.8 Å². The van der Waals surface area contributed by atoms with Crippen LogP contribution in [0.5, 0.6) is 0 Å². The van der Waals surface area contributed by atoms with Crippen molar-refractivity contribution in [2.24, 2.45) is 0 Å². The number of hydrogen-bond acceptors (Lipinski definition) is 5. The maximum atomic E-state index is 13.5. The number of esters is 1. The Balaban J connectivity index is 1.56. The molecule has 0 radical (unpaired) electrons. The first-order valence-corrected chi connectivity index (χ1v) is 13.7. The summed E-state index contributed by atoms with van der Waals surface area (Å²) in [6.45, 7) is 9.79. The van der Waals surface area contributed by atoms with E-state index in [2.05, 4.69) is 5.32 Å². The van der Waals surface area contributed by atoms with Gasteiger partial charge in [-0.15, -0.1) is 0 Å². The Morgan fingerprint density at radius 2 is 1.73 bits per heavy atom. The number of hydrogen-bond donors (Lipinski definition) is 1. The highest BCUT2D eigenvalue weighted by molar-refractivity contribution is 6.31. The third-order valence-electron chi connectivity index (χ3n) is 6.89. The Kier molecular flexibility index (Phi) is 8.59. The van der Waals surface area contributed by atoms with E-state index in [1.54, 1.807) is 17.0 Å². The highest BCUT2D eigenvalue weighted by atomic mass is 35.5. The molecule has 0 aromatic heterocycles. The van der Waals surface area contributed by atoms with E-state index in [0.717, 1.165) is 27.8 Å². The molecule has 7 nitrogen and oxygen atoms in total. The van der Waals surface area contributed by atoms with E-state index in [4.69, 9.17) is 21.1 Å². The number of nitrogens with zero attached hydrogens (tertiary/aromatic N) is 1. The average molecular weight is 575 g/mol. The summed E-state index contributed by atoms with van der Waals surface area (Å²) in [6, 6.07) is 18.6. The van der Waals surface area contributed by atoms with Crippen LogP contribution in [-0.4, -0.2) is 30.7 Å². The second-order valence-electron chi connectivity index (χ2n) is 11.5. The minimum atomic E-state index is -0.745. The Hall–Kier alpha value is -4.10. The van der Waals surface area contributed by atoms with Crippen LogP contribution < -0.4 is 10.2 Å². The van der Waals surface area contributed by atoms with Crippen molar-refractivity contribution in [2.75, 3.05) is 12.0 Å². The average Bonchev–Trinajstić information content (AvgIpc) is 3.11. The Labute approximate surface area is 246 Å². The summed E-state index contributed by atoms with van der Waals surface area (Å²) in [7, 11) is 1.33. The number of nitrogens with one attached hydrogen (secondary N) is 1. The van der Waals surface area contributed by atoms with E-state index in [9.17, 15) is 14.4 Å². The van der Waals surface area contributed by atoms with Crippen LogP contribution >= 0.6 is 11.6 Å². The lowest BCUT2D eigenvalue weighted by Gasteiger charge is -2.21. The normalized spacial score (nSPS) is 14.2. The third kappa shape index (κ3) is 6.80. The van der Waals surface area contributed by atoms with Crippen molar-refractivity contribution in [1.29, 1.82) is 0 Å². The molecular weight excluding hydrogens is 540 g/mol. The molecule has 41 heavy (non-hydrogen) atoms. The van der Waals surface area contributed by atoms with Crippen LogP contribution in [0.3, 0.4) is 0 Å². The zero-order valence-corrected chi connectivity index (χ0v) is 25.0. The first kappa shape index (κ1) is 29.9. The lowest BCUT2D eigenvalue weighted by Crippen LogP contribution is -2.35. The number of rotatable bonds is 7. The van der Waals surface area contributed by atoms with Crippen molar-refractivity contribution in [2.45, 2.75) is 58.7 Å². The van der Waals surface area contributed by atoms with E-state index in [1.807, 2.05) is 95.3 Å². The molecule has 0 saturated carbocycles. The number of methoxy groups -OCH3 is 1. The van der Waals surface area contributed by atoms with Crippen molar-refractivity contribution in [3.05, 3.63) is 99.1 Å². The molecule has 0 unspecified atom stereocenters. The molecule has 1 aliphatic rings. The molecule has 1 heterocycles. The summed E-state index contributed by atoms with van der Waals surface area (Å²) in [4.78, 5) is 39.5. The fourth-order valence-corrected chi connectivity index (χ4v) is 4.94. The molecule has 4 rings (SSSR count). The number of carbonyl (C=O) groups excluding carboxylic acids is 3. The molecule has 0 bridgehead atoms. The van der Waals surface area contributed by atoms with Gasteiger partial charge in [-0.2, -0.15) is 0 Å². The first-order valence-electron chi connectivity index (χ1n) is 13.4. The number of fused-ring (bicyclic) bond motifs is 1. The summed E-state index contributed by atoms with van der Waals surface area (Å²) in [5, 5.41) is 3.34. The molecule has 0 spiro atoms. The number of ether oxygens (including phenoxy) is 2. The molecule has 0 atom stereocenters. The summed E-state index contributed by atoms with van der Waals surface area (Å²) in [5.41, 5.74) is 4.13. The molecule has 0 saturated heterocycles. The molecule has 3 aromatic rings. The molecule has 214 valence electrons. The van der Waals surface area contributed by atoms with Crippen LogP contribution in [0.15, 0.2) is 60.7 Å². The lowest BCUT2D eigenvalue weighted by molar-refractivity contribution is -0.122. The van der Waals surface area contributed by atoms with Gasteiger partial charge in [0.2, 0.25) is 5.91 Å². The zero-order valence-electron chi connectivity index (χ0n) is 24.2. The van der Waals surface area contributed by atoms with Gasteiger partial charge in [-0.3, -0.25) is 4.79 Å². The number of benzene rings is 3. The number of alkyl carbamates (subject to hydrolysis) is 1. The van der Waals surface area contributed by atoms with Gasteiger partial charge >= 0.3 is 12.1 Å². The second-order valence-corrected chi connectivity index (χ2v) is 11.9. The molecule has 0 fully saturated rings. The van der Waals surface area contributed by atoms with E-state index >= 15 is 0 Å². The van der Waals surface area contributed by atoms with Gasteiger partial charge in [-0.25, -0.2) is 9.59 Å². The molecule has 0 aliphatic carbocycles. The number of amides is 2. The smallest absolute Gasteiger partial charge is 0.407 e. The predicted molar refractivity (Wildman–Crippen MR) is 162 cm³/mol. The van der Waals surface area contributed by atoms with Gasteiger partial charge < -0.3 is 19.7 Å². The predicted octanol–water partition coefficient (Wildman–Crippen LogP) is 7.15. The van der Waals surface area contributed by atoms with E-state index in [1.165, 1.54) is 7.11 Å². The van der Waals surface area contributed by atoms with Crippen molar-refractivity contribution in [3.63, 3.8) is 0 Å². The molecule has 1 N–H and O–H groups in total. The highest BCUT2D eigenvalue weighted by Crippen LogP contribution is 2.43. The molecule has 3 aromatic carbocycles. The maximum absolute atomic E-state index is 13.5. The zero-order chi connectivity index (χ0) is 29.9. The third-order valence-corrected chi connectivity index (χ3v) is 7.26. The van der Waals surface area contributed by atoms with Crippen LogP contribution in [0.25, 0.3) is 12.2 Å². The lowest BCUT2D eigenvalue weighted by atomic mass is 9.86. The molecule has 1 aliphatic heterocycles. The number of anilines is 1. The Bertz CT molecular complexity index is 1520. The summed E-state index contributed by atoms with van der Waals surface area (Å²) in [5.74, 6) is -0.533. The SMILES string of the molecule is COC(=O)c1ccc2c(c1)N(Cc1cc(/C=C/c3ccccc3CNC(=O)OC(C)(C)C)ccc1Cl)C(=O)C2(C)C. The van der Waals surface area contributed by atoms with Gasteiger partial charge in [0.25, 0.3) is 0 Å². The van der Waals surface area contributed by atoms with Crippen molar-refractivity contribution >= 4 is 47.4 Å². The molecule has 2 amide bonds. The van der Waals surface area contributed by atoms with Crippen LogP contribution in [0, 0.1) is 0 Å². The maximum Gasteiger partial charge on any atom is 0.407 e. The van der Waals surface area contributed by atoms with Crippen molar-refractivity contribution < 1.29 is 23.9 Å². The van der Waals surface area contributed by atoms with Crippen molar-refractivity contribution in [3.8, 4) is 0 Å². The van der Waals surface area contributed by atoms with Gasteiger partial charge in [-0.05, 0) is 86.7 Å². The van der Waals surface area contributed by atoms with Crippen LogP contribution in [0.1, 0.15) is 72.8 Å². The van der Waals surface area contributed by atoms with Gasteiger partial charge in [0, 0.05) is 17.3 Å². The fourth-order valence-electron chi connectivity index (χ4n) is 4.76. The van der Waals surface area contributed by atoms with Gasteiger partial charge in [-0.1, -0.05) is 60.2 Å². The van der Waals surface area contributed by atoms with Crippen LogP contribution in [0.2, 0.25) is 5.02 Å². The van der Waals surface area contributed by atoms with E-state index < -0.39 is 23.1 Å². The van der Waals surface area contributed by atoms with Gasteiger partial charge in [0.15, 0.2) is 0 Å². The monoisotopic (exact) mass is 574 g/mol. The summed E-state index contributed by atoms with van der Waals surface area (Å²) >= 11 is 6.60. The van der Waals surface area contributed by atoms with Crippen LogP contribution in [0.4, 0.5) is 10.5 Å². The number of halogens is 1. The first-order chi connectivity index (χ1) is 19.3. The highest BCUT2D eigenvalue weighted by Gasteiger charge is 2.44. The van der Waals surface area contributed by atoms with Gasteiger partial charge in [0.1, 0.15) is 5.60 Å².